The Morgan fingerprint density at radius 2 is 1.67 bits per heavy atom. The van der Waals surface area contributed by atoms with Gasteiger partial charge in [0, 0.05) is 60.1 Å². The lowest BCUT2D eigenvalue weighted by Crippen LogP contribution is -2.41. The summed E-state index contributed by atoms with van der Waals surface area (Å²) in [4.78, 5) is 17.6. The maximum atomic E-state index is 14.0. The highest BCUT2D eigenvalue weighted by Gasteiger charge is 2.29. The third kappa shape index (κ3) is 6.41. The molecule has 1 fully saturated rings. The minimum Gasteiger partial charge on any atom is -0.355 e. The van der Waals surface area contributed by atoms with E-state index < -0.39 is 0 Å². The number of para-hydroxylation sites is 1. The third-order valence-corrected chi connectivity index (χ3v) is 7.82. The largest absolute Gasteiger partial charge is 0.355 e. The number of rotatable bonds is 9. The summed E-state index contributed by atoms with van der Waals surface area (Å²) in [5.41, 5.74) is 5.93. The van der Waals surface area contributed by atoms with Crippen LogP contribution in [-0.2, 0) is 6.54 Å². The zero-order chi connectivity index (χ0) is 29.6. The van der Waals surface area contributed by atoms with Crippen molar-refractivity contribution in [3.8, 4) is 0 Å². The number of nitrogens with zero attached hydrogens (tertiary/aromatic N) is 2. The second-order valence-corrected chi connectivity index (χ2v) is 10.6. The number of allylic oxidation sites excluding steroid dienone is 1. The first kappa shape index (κ1) is 28.7. The van der Waals surface area contributed by atoms with E-state index in [0.717, 1.165) is 41.6 Å². The average molecular weight is 565 g/mol. The number of benzene rings is 4. The number of aryl methyl sites for hydroxylation is 1. The van der Waals surface area contributed by atoms with Gasteiger partial charge in [0.15, 0.2) is 0 Å². The number of piperidine rings is 1. The first-order valence-electron chi connectivity index (χ1n) is 14.1. The Bertz CT molecular complexity index is 1610. The van der Waals surface area contributed by atoms with Crippen LogP contribution in [0.2, 0.25) is 0 Å². The number of amides is 1. The lowest BCUT2D eigenvalue weighted by molar-refractivity contribution is 0.0701. The van der Waals surface area contributed by atoms with Gasteiger partial charge in [-0.15, -0.1) is 0 Å². The molecule has 5 rings (SSSR count). The highest BCUT2D eigenvalue weighted by Crippen LogP contribution is 2.34. The topological polar surface area (TPSA) is 59.4 Å². The number of likely N-dealkylation sites (tertiary alicyclic amines) is 1. The summed E-state index contributed by atoms with van der Waals surface area (Å²) in [6.07, 6.45) is 2.63. The number of hydrogen-bond acceptors (Lipinski definition) is 4. The van der Waals surface area contributed by atoms with Crippen molar-refractivity contribution >= 4 is 29.2 Å². The summed E-state index contributed by atoms with van der Waals surface area (Å²) < 4.78 is 27.7. The molecule has 1 aliphatic heterocycles. The van der Waals surface area contributed by atoms with Crippen LogP contribution in [0, 0.1) is 29.9 Å². The van der Waals surface area contributed by atoms with Crippen molar-refractivity contribution in [2.24, 2.45) is 5.92 Å². The molecule has 0 bridgehead atoms. The van der Waals surface area contributed by atoms with Crippen molar-refractivity contribution in [1.29, 1.82) is 5.41 Å². The molecule has 0 spiro atoms. The molecule has 2 N–H and O–H groups in total. The predicted molar refractivity (Wildman–Crippen MR) is 166 cm³/mol. The van der Waals surface area contributed by atoms with E-state index in [4.69, 9.17) is 5.41 Å². The van der Waals surface area contributed by atoms with Gasteiger partial charge >= 0.3 is 0 Å². The fourth-order valence-corrected chi connectivity index (χ4v) is 5.57. The number of carbonyl (C=O) groups is 1. The standard InChI is InChI=1S/C35H34F2N4O/c1-24-8-3-4-15-34(24)41(23-26-9-5-10-28(36)20-26)25(2)27-16-18-40(19-17-27)35(42)31-13-7-14-33(32(31)22-38)39-30-12-6-11-29(37)21-30/h3-15,20-22,27,38-39H,2,16-19,23H2,1H3. The summed E-state index contributed by atoms with van der Waals surface area (Å²) in [6.45, 7) is 8.13. The van der Waals surface area contributed by atoms with E-state index in [1.54, 1.807) is 42.5 Å². The summed E-state index contributed by atoms with van der Waals surface area (Å²) in [5, 5.41) is 11.2. The Morgan fingerprint density at radius 3 is 2.36 bits per heavy atom. The fraction of sp³-hybridized carbons (Fsp3) is 0.200. The molecule has 0 atom stereocenters. The van der Waals surface area contributed by atoms with Crippen molar-refractivity contribution in [2.75, 3.05) is 23.3 Å². The number of nitrogens with one attached hydrogen (secondary N) is 2. The number of hydrogen-bond donors (Lipinski definition) is 2. The van der Waals surface area contributed by atoms with E-state index in [1.807, 2.05) is 23.1 Å². The summed E-state index contributed by atoms with van der Waals surface area (Å²) >= 11 is 0. The minimum absolute atomic E-state index is 0.143. The molecule has 0 saturated carbocycles. The number of anilines is 3. The molecule has 0 aliphatic carbocycles. The minimum atomic E-state index is -0.370. The van der Waals surface area contributed by atoms with Crippen LogP contribution in [0.5, 0.6) is 0 Å². The van der Waals surface area contributed by atoms with Gasteiger partial charge in [-0.1, -0.05) is 49.0 Å². The van der Waals surface area contributed by atoms with Crippen LogP contribution in [-0.4, -0.2) is 30.1 Å². The van der Waals surface area contributed by atoms with Crippen LogP contribution < -0.4 is 10.2 Å². The normalized spacial score (nSPS) is 13.5. The van der Waals surface area contributed by atoms with Gasteiger partial charge < -0.3 is 20.5 Å². The van der Waals surface area contributed by atoms with E-state index in [1.165, 1.54) is 18.2 Å². The van der Waals surface area contributed by atoms with E-state index >= 15 is 0 Å². The SMILES string of the molecule is C=C(C1CCN(C(=O)c2cccc(Nc3cccc(F)c3)c2C=N)CC1)N(Cc1cccc(F)c1)c1ccccc1C. The maximum Gasteiger partial charge on any atom is 0.254 e. The average Bonchev–Trinajstić information content (AvgIpc) is 3.00. The molecule has 0 aromatic heterocycles. The molecule has 42 heavy (non-hydrogen) atoms. The van der Waals surface area contributed by atoms with Gasteiger partial charge in [-0.05, 0) is 79.4 Å². The van der Waals surface area contributed by atoms with Gasteiger partial charge in [-0.25, -0.2) is 8.78 Å². The van der Waals surface area contributed by atoms with Crippen LogP contribution in [0.1, 0.15) is 39.9 Å². The number of halogens is 2. The molecule has 4 aromatic rings. The van der Waals surface area contributed by atoms with Crippen LogP contribution in [0.15, 0.2) is 103 Å². The fourth-order valence-electron chi connectivity index (χ4n) is 5.57. The lowest BCUT2D eigenvalue weighted by Gasteiger charge is -2.38. The Morgan fingerprint density at radius 1 is 0.976 bits per heavy atom. The quantitative estimate of drug-likeness (QED) is 0.202. The smallest absolute Gasteiger partial charge is 0.254 e. The molecule has 0 radical (unpaired) electrons. The molecular weight excluding hydrogens is 530 g/mol. The van der Waals surface area contributed by atoms with Crippen molar-refractivity contribution in [1.82, 2.24) is 4.90 Å². The van der Waals surface area contributed by atoms with Gasteiger partial charge in [0.2, 0.25) is 0 Å². The van der Waals surface area contributed by atoms with Gasteiger partial charge in [0.25, 0.3) is 5.91 Å². The summed E-state index contributed by atoms with van der Waals surface area (Å²) in [5.74, 6) is -0.638. The van der Waals surface area contributed by atoms with Gasteiger partial charge in [0.1, 0.15) is 11.6 Å². The Balaban J connectivity index is 1.31. The molecule has 7 heteroatoms. The predicted octanol–water partition coefficient (Wildman–Crippen LogP) is 8.09. The molecule has 1 amide bonds. The molecule has 1 saturated heterocycles. The highest BCUT2D eigenvalue weighted by atomic mass is 19.1. The first-order valence-corrected chi connectivity index (χ1v) is 14.1. The lowest BCUT2D eigenvalue weighted by atomic mass is 9.91. The van der Waals surface area contributed by atoms with Crippen molar-refractivity contribution in [3.05, 3.63) is 137 Å². The number of carbonyl (C=O) groups excluding carboxylic acids is 1. The second-order valence-electron chi connectivity index (χ2n) is 10.6. The summed E-state index contributed by atoms with van der Waals surface area (Å²) in [7, 11) is 0. The third-order valence-electron chi connectivity index (χ3n) is 7.82. The Kier molecular flexibility index (Phi) is 8.77. The van der Waals surface area contributed by atoms with E-state index in [-0.39, 0.29) is 23.5 Å². The summed E-state index contributed by atoms with van der Waals surface area (Å²) in [6, 6.07) is 26.1. The van der Waals surface area contributed by atoms with Gasteiger partial charge in [0.05, 0.1) is 5.56 Å². The zero-order valence-electron chi connectivity index (χ0n) is 23.6. The van der Waals surface area contributed by atoms with Crippen molar-refractivity contribution in [2.45, 2.75) is 26.3 Å². The van der Waals surface area contributed by atoms with E-state index in [2.05, 4.69) is 35.9 Å². The monoisotopic (exact) mass is 564 g/mol. The van der Waals surface area contributed by atoms with Crippen LogP contribution >= 0.6 is 0 Å². The molecular formula is C35H34F2N4O. The van der Waals surface area contributed by atoms with E-state index in [9.17, 15) is 13.6 Å². The molecule has 5 nitrogen and oxygen atoms in total. The molecule has 1 heterocycles. The van der Waals surface area contributed by atoms with Crippen LogP contribution in [0.3, 0.4) is 0 Å². The van der Waals surface area contributed by atoms with Crippen molar-refractivity contribution < 1.29 is 13.6 Å². The molecule has 4 aromatic carbocycles. The van der Waals surface area contributed by atoms with Crippen LogP contribution in [0.25, 0.3) is 0 Å². The highest BCUT2D eigenvalue weighted by molar-refractivity contribution is 6.05. The molecule has 0 unspecified atom stereocenters. The van der Waals surface area contributed by atoms with Crippen molar-refractivity contribution in [3.63, 3.8) is 0 Å². The molecule has 1 aliphatic rings. The Labute approximate surface area is 245 Å². The zero-order valence-corrected chi connectivity index (χ0v) is 23.6. The first-order chi connectivity index (χ1) is 20.3. The molecule has 214 valence electrons. The maximum absolute atomic E-state index is 14.0. The van der Waals surface area contributed by atoms with Gasteiger partial charge in [-0.2, -0.15) is 0 Å². The Hall–Kier alpha value is -4.78. The second kappa shape index (κ2) is 12.8. The van der Waals surface area contributed by atoms with E-state index in [0.29, 0.717) is 42.1 Å². The van der Waals surface area contributed by atoms with Crippen LogP contribution in [0.4, 0.5) is 25.8 Å². The van der Waals surface area contributed by atoms with Gasteiger partial charge in [-0.3, -0.25) is 4.79 Å².